The van der Waals surface area contributed by atoms with Crippen molar-refractivity contribution in [3.8, 4) is 0 Å². The van der Waals surface area contributed by atoms with E-state index in [1.165, 1.54) is 4.90 Å². The Balaban J connectivity index is 1.87. The maximum absolute atomic E-state index is 13.1. The number of hydrogen-bond donors (Lipinski definition) is 0. The predicted octanol–water partition coefficient (Wildman–Crippen LogP) is 3.83. The van der Waals surface area contributed by atoms with Crippen molar-refractivity contribution in [2.24, 2.45) is 0 Å². The third-order valence-corrected chi connectivity index (χ3v) is 4.86. The Kier molecular flexibility index (Phi) is 5.43. The summed E-state index contributed by atoms with van der Waals surface area (Å²) in [4.78, 5) is 28.5. The normalized spacial score (nSPS) is 17.0. The summed E-state index contributed by atoms with van der Waals surface area (Å²) in [6, 6.07) is 17.2. The Morgan fingerprint density at radius 1 is 1.15 bits per heavy atom. The lowest BCUT2D eigenvalue weighted by atomic mass is 9.85. The highest BCUT2D eigenvalue weighted by atomic mass is 35.5. The zero-order valence-electron chi connectivity index (χ0n) is 14.9. The van der Waals surface area contributed by atoms with Gasteiger partial charge in [0.25, 0.3) is 5.91 Å². The van der Waals surface area contributed by atoms with E-state index in [4.69, 9.17) is 11.6 Å². The van der Waals surface area contributed by atoms with Crippen molar-refractivity contribution < 1.29 is 9.59 Å². The summed E-state index contributed by atoms with van der Waals surface area (Å²) >= 11 is 5.98. The summed E-state index contributed by atoms with van der Waals surface area (Å²) in [5.74, 6) is -0.345. The summed E-state index contributed by atoms with van der Waals surface area (Å²) in [5.41, 5.74) is 2.60. The standard InChI is InChI=1S/C21H21ClN2O2/c1-23-14-19(21(26)24(2)13-15-6-4-3-5-7-15)18(12-20(23)25)16-8-10-17(22)11-9-16/h3-11,14,18H,12-13H2,1-2H3. The number of likely N-dealkylation sites (N-methyl/N-ethyl adjacent to an activating group) is 1. The summed E-state index contributed by atoms with van der Waals surface area (Å²) in [6.45, 7) is 0.516. The van der Waals surface area contributed by atoms with Gasteiger partial charge in [-0.1, -0.05) is 54.1 Å². The fourth-order valence-electron chi connectivity index (χ4n) is 3.15. The Morgan fingerprint density at radius 2 is 1.81 bits per heavy atom. The van der Waals surface area contributed by atoms with Crippen LogP contribution in [0.1, 0.15) is 23.5 Å². The van der Waals surface area contributed by atoms with Crippen molar-refractivity contribution in [2.75, 3.05) is 14.1 Å². The average molecular weight is 369 g/mol. The number of carbonyl (C=O) groups is 2. The number of benzene rings is 2. The van der Waals surface area contributed by atoms with Crippen molar-refractivity contribution >= 4 is 23.4 Å². The van der Waals surface area contributed by atoms with Gasteiger partial charge in [0.1, 0.15) is 0 Å². The molecule has 0 bridgehead atoms. The first-order chi connectivity index (χ1) is 12.5. The van der Waals surface area contributed by atoms with E-state index in [1.807, 2.05) is 42.5 Å². The third kappa shape index (κ3) is 3.97. The van der Waals surface area contributed by atoms with Gasteiger partial charge in [0.2, 0.25) is 5.91 Å². The van der Waals surface area contributed by atoms with Gasteiger partial charge in [0.15, 0.2) is 0 Å². The van der Waals surface area contributed by atoms with E-state index in [1.54, 1.807) is 37.3 Å². The molecule has 3 rings (SSSR count). The maximum Gasteiger partial charge on any atom is 0.251 e. The van der Waals surface area contributed by atoms with Crippen LogP contribution in [0.5, 0.6) is 0 Å². The molecule has 1 atom stereocenters. The van der Waals surface area contributed by atoms with E-state index in [9.17, 15) is 9.59 Å². The Labute approximate surface area is 158 Å². The van der Waals surface area contributed by atoms with Crippen LogP contribution in [-0.4, -0.2) is 35.7 Å². The highest BCUT2D eigenvalue weighted by molar-refractivity contribution is 6.30. The van der Waals surface area contributed by atoms with Gasteiger partial charge >= 0.3 is 0 Å². The largest absolute Gasteiger partial charge is 0.338 e. The first-order valence-corrected chi connectivity index (χ1v) is 8.85. The lowest BCUT2D eigenvalue weighted by Crippen LogP contribution is -2.36. The van der Waals surface area contributed by atoms with Crippen LogP contribution < -0.4 is 0 Å². The van der Waals surface area contributed by atoms with Gasteiger partial charge in [0.05, 0.1) is 0 Å². The van der Waals surface area contributed by atoms with Gasteiger partial charge in [-0.15, -0.1) is 0 Å². The van der Waals surface area contributed by atoms with E-state index in [2.05, 4.69) is 0 Å². The van der Waals surface area contributed by atoms with Crippen molar-refractivity contribution in [3.05, 3.63) is 82.5 Å². The molecule has 0 fully saturated rings. The number of hydrogen-bond acceptors (Lipinski definition) is 2. The molecule has 26 heavy (non-hydrogen) atoms. The predicted molar refractivity (Wildman–Crippen MR) is 103 cm³/mol. The molecule has 0 aliphatic carbocycles. The van der Waals surface area contributed by atoms with Crippen LogP contribution in [0, 0.1) is 0 Å². The zero-order valence-corrected chi connectivity index (χ0v) is 15.6. The molecule has 2 aromatic rings. The lowest BCUT2D eigenvalue weighted by molar-refractivity contribution is -0.130. The molecule has 0 radical (unpaired) electrons. The van der Waals surface area contributed by atoms with Gasteiger partial charge in [-0.2, -0.15) is 0 Å². The van der Waals surface area contributed by atoms with Crippen molar-refractivity contribution in [1.82, 2.24) is 9.80 Å². The molecule has 1 aliphatic rings. The van der Waals surface area contributed by atoms with Gasteiger partial charge in [-0.05, 0) is 23.3 Å². The second kappa shape index (κ2) is 7.75. The van der Waals surface area contributed by atoms with Crippen molar-refractivity contribution in [1.29, 1.82) is 0 Å². The summed E-state index contributed by atoms with van der Waals surface area (Å²) in [7, 11) is 3.47. The minimum atomic E-state index is -0.262. The molecule has 1 aliphatic heterocycles. The molecule has 1 unspecified atom stereocenters. The van der Waals surface area contributed by atoms with Gasteiger partial charge in [-0.25, -0.2) is 0 Å². The summed E-state index contributed by atoms with van der Waals surface area (Å²) in [5, 5.41) is 0.631. The monoisotopic (exact) mass is 368 g/mol. The van der Waals surface area contributed by atoms with Crippen molar-refractivity contribution in [3.63, 3.8) is 0 Å². The minimum Gasteiger partial charge on any atom is -0.338 e. The lowest BCUT2D eigenvalue weighted by Gasteiger charge is -2.30. The molecule has 0 aromatic heterocycles. The molecule has 4 nitrogen and oxygen atoms in total. The van der Waals surface area contributed by atoms with E-state index in [0.29, 0.717) is 17.1 Å². The number of carbonyl (C=O) groups excluding carboxylic acids is 2. The topological polar surface area (TPSA) is 40.6 Å². The van der Waals surface area contributed by atoms with Crippen LogP contribution in [0.15, 0.2) is 66.4 Å². The SMILES string of the molecule is CN1C=C(C(=O)N(C)Cc2ccccc2)C(c2ccc(Cl)cc2)CC1=O. The summed E-state index contributed by atoms with van der Waals surface area (Å²) < 4.78 is 0. The number of rotatable bonds is 4. The van der Waals surface area contributed by atoms with Gasteiger partial charge in [0, 0.05) is 49.8 Å². The van der Waals surface area contributed by atoms with E-state index in [-0.39, 0.29) is 24.2 Å². The molecule has 0 spiro atoms. The Hall–Kier alpha value is -2.59. The molecule has 0 saturated heterocycles. The van der Waals surface area contributed by atoms with E-state index in [0.717, 1.165) is 11.1 Å². The fraction of sp³-hybridized carbons (Fsp3) is 0.238. The molecule has 5 heteroatoms. The van der Waals surface area contributed by atoms with Crippen LogP contribution in [-0.2, 0) is 16.1 Å². The van der Waals surface area contributed by atoms with Gasteiger partial charge in [-0.3, -0.25) is 9.59 Å². The minimum absolute atomic E-state index is 0.00721. The van der Waals surface area contributed by atoms with E-state index >= 15 is 0 Å². The Morgan fingerprint density at radius 3 is 2.46 bits per heavy atom. The maximum atomic E-state index is 13.1. The molecule has 0 saturated carbocycles. The molecular weight excluding hydrogens is 348 g/mol. The zero-order chi connectivity index (χ0) is 18.7. The number of nitrogens with zero attached hydrogens (tertiary/aromatic N) is 2. The average Bonchev–Trinajstić information content (AvgIpc) is 2.64. The first-order valence-electron chi connectivity index (χ1n) is 8.48. The first kappa shape index (κ1) is 18.2. The van der Waals surface area contributed by atoms with Crippen LogP contribution in [0.4, 0.5) is 0 Å². The van der Waals surface area contributed by atoms with Crippen molar-refractivity contribution in [2.45, 2.75) is 18.9 Å². The Bertz CT molecular complexity index is 831. The van der Waals surface area contributed by atoms with Crippen LogP contribution in [0.3, 0.4) is 0 Å². The molecular formula is C21H21ClN2O2. The van der Waals surface area contributed by atoms with Crippen LogP contribution in [0.25, 0.3) is 0 Å². The second-order valence-corrected chi connectivity index (χ2v) is 6.98. The molecule has 2 aromatic carbocycles. The molecule has 1 heterocycles. The van der Waals surface area contributed by atoms with E-state index < -0.39 is 0 Å². The highest BCUT2D eigenvalue weighted by Crippen LogP contribution is 2.34. The quantitative estimate of drug-likeness (QED) is 0.822. The molecule has 134 valence electrons. The number of halogens is 1. The molecule has 2 amide bonds. The van der Waals surface area contributed by atoms with Crippen LogP contribution >= 0.6 is 11.6 Å². The van der Waals surface area contributed by atoms with Crippen LogP contribution in [0.2, 0.25) is 5.02 Å². The third-order valence-electron chi connectivity index (χ3n) is 4.61. The van der Waals surface area contributed by atoms with Gasteiger partial charge < -0.3 is 9.80 Å². The number of amides is 2. The molecule has 0 N–H and O–H groups in total. The smallest absolute Gasteiger partial charge is 0.251 e. The summed E-state index contributed by atoms with van der Waals surface area (Å²) in [6.07, 6.45) is 1.93. The fourth-order valence-corrected chi connectivity index (χ4v) is 3.27. The highest BCUT2D eigenvalue weighted by Gasteiger charge is 2.32. The second-order valence-electron chi connectivity index (χ2n) is 6.54.